The maximum atomic E-state index is 5.33. The highest BCUT2D eigenvalue weighted by molar-refractivity contribution is 8.00. The van der Waals surface area contributed by atoms with Crippen LogP contribution in [-0.2, 0) is 0 Å². The van der Waals surface area contributed by atoms with Crippen LogP contribution in [0.1, 0.15) is 38.4 Å². The van der Waals surface area contributed by atoms with E-state index in [9.17, 15) is 0 Å². The number of furan rings is 1. The number of aryl methyl sites for hydroxylation is 1. The zero-order chi connectivity index (χ0) is 11.4. The van der Waals surface area contributed by atoms with Crippen molar-refractivity contribution in [3.8, 4) is 0 Å². The minimum absolute atomic E-state index is 0.740. The maximum absolute atomic E-state index is 5.33. The van der Waals surface area contributed by atoms with E-state index in [0.717, 1.165) is 23.6 Å². The fourth-order valence-electron chi connectivity index (χ4n) is 2.26. The molecule has 2 unspecified atom stereocenters. The number of nitrogens with one attached hydrogen (secondary N) is 1. The molecule has 0 bridgehead atoms. The normalized spacial score (nSPS) is 25.1. The molecular weight excluding hydrogens is 218 g/mol. The van der Waals surface area contributed by atoms with Crippen LogP contribution < -0.4 is 5.32 Å². The Morgan fingerprint density at radius 1 is 1.50 bits per heavy atom. The number of rotatable bonds is 5. The highest BCUT2D eigenvalue weighted by Gasteiger charge is 2.25. The molecule has 2 nitrogen and oxygen atoms in total. The van der Waals surface area contributed by atoms with Crippen LogP contribution in [0.5, 0.6) is 0 Å². The summed E-state index contributed by atoms with van der Waals surface area (Å²) in [4.78, 5) is 1.32. The van der Waals surface area contributed by atoms with Crippen molar-refractivity contribution in [3.63, 3.8) is 0 Å². The minimum Gasteiger partial charge on any atom is -0.468 e. The molecule has 0 saturated heterocycles. The van der Waals surface area contributed by atoms with E-state index in [2.05, 4.69) is 18.3 Å². The quantitative estimate of drug-likeness (QED) is 0.850. The molecule has 1 aliphatic carbocycles. The largest absolute Gasteiger partial charge is 0.468 e. The summed E-state index contributed by atoms with van der Waals surface area (Å²) in [5.41, 5.74) is 0. The molecule has 0 radical (unpaired) electrons. The summed E-state index contributed by atoms with van der Waals surface area (Å²) >= 11 is 1.99. The summed E-state index contributed by atoms with van der Waals surface area (Å²) in [6.07, 6.45) is 6.98. The summed E-state index contributed by atoms with van der Waals surface area (Å²) in [6.45, 7) is 5.43. The summed E-state index contributed by atoms with van der Waals surface area (Å²) in [6, 6.07) is 2.83. The van der Waals surface area contributed by atoms with E-state index in [-0.39, 0.29) is 0 Å². The SMILES string of the molecule is CCCNC1CCC(Sc2ccoc2C)C1. The highest BCUT2D eigenvalue weighted by atomic mass is 32.2. The van der Waals surface area contributed by atoms with Gasteiger partial charge < -0.3 is 9.73 Å². The highest BCUT2D eigenvalue weighted by Crippen LogP contribution is 2.36. The lowest BCUT2D eigenvalue weighted by atomic mass is 10.2. The van der Waals surface area contributed by atoms with E-state index in [1.165, 1.54) is 30.6 Å². The van der Waals surface area contributed by atoms with Gasteiger partial charge in [-0.25, -0.2) is 0 Å². The average molecular weight is 239 g/mol. The first kappa shape index (κ1) is 12.1. The summed E-state index contributed by atoms with van der Waals surface area (Å²) in [5.74, 6) is 1.06. The zero-order valence-corrected chi connectivity index (χ0v) is 11.0. The molecule has 1 saturated carbocycles. The van der Waals surface area contributed by atoms with Crippen molar-refractivity contribution < 1.29 is 4.42 Å². The third-order valence-corrected chi connectivity index (χ3v) is 4.61. The number of thioether (sulfide) groups is 1. The van der Waals surface area contributed by atoms with Crippen molar-refractivity contribution in [2.45, 2.75) is 55.7 Å². The molecule has 3 heteroatoms. The van der Waals surface area contributed by atoms with Gasteiger partial charge in [-0.15, -0.1) is 11.8 Å². The third-order valence-electron chi connectivity index (χ3n) is 3.17. The minimum atomic E-state index is 0.740. The van der Waals surface area contributed by atoms with Gasteiger partial charge in [-0.05, 0) is 45.2 Å². The van der Waals surface area contributed by atoms with Crippen molar-refractivity contribution in [2.75, 3.05) is 6.54 Å². The standard InChI is InChI=1S/C13H21NOS/c1-3-7-14-11-4-5-12(9-11)16-13-6-8-15-10(13)2/h6,8,11-12,14H,3-5,7,9H2,1-2H3. The molecule has 1 fully saturated rings. The van der Waals surface area contributed by atoms with E-state index >= 15 is 0 Å². The molecule has 1 aromatic rings. The predicted octanol–water partition coefficient (Wildman–Crippen LogP) is 3.60. The lowest BCUT2D eigenvalue weighted by molar-refractivity contribution is 0.523. The van der Waals surface area contributed by atoms with Gasteiger partial charge in [0.05, 0.1) is 6.26 Å². The van der Waals surface area contributed by atoms with Crippen molar-refractivity contribution in [1.29, 1.82) is 0 Å². The number of hydrogen-bond donors (Lipinski definition) is 1. The summed E-state index contributed by atoms with van der Waals surface area (Å²) < 4.78 is 5.33. The molecule has 2 atom stereocenters. The molecule has 1 N–H and O–H groups in total. The van der Waals surface area contributed by atoms with E-state index in [1.807, 2.05) is 18.7 Å². The Balaban J connectivity index is 1.79. The smallest absolute Gasteiger partial charge is 0.114 e. The Labute approximate surface area is 102 Å². The second-order valence-electron chi connectivity index (χ2n) is 4.54. The maximum Gasteiger partial charge on any atom is 0.114 e. The van der Waals surface area contributed by atoms with Crippen molar-refractivity contribution in [1.82, 2.24) is 5.32 Å². The second-order valence-corrected chi connectivity index (χ2v) is 5.89. The van der Waals surface area contributed by atoms with Crippen LogP contribution in [0.15, 0.2) is 21.6 Å². The molecule has 2 rings (SSSR count). The molecule has 16 heavy (non-hydrogen) atoms. The van der Waals surface area contributed by atoms with Crippen molar-refractivity contribution in [2.24, 2.45) is 0 Å². The Bertz CT molecular complexity index is 323. The van der Waals surface area contributed by atoms with Crippen LogP contribution in [0.2, 0.25) is 0 Å². The molecular formula is C13H21NOS. The van der Waals surface area contributed by atoms with Gasteiger partial charge in [0, 0.05) is 16.2 Å². The molecule has 0 spiro atoms. The van der Waals surface area contributed by atoms with Gasteiger partial charge in [-0.3, -0.25) is 0 Å². The molecule has 90 valence electrons. The van der Waals surface area contributed by atoms with Gasteiger partial charge in [-0.1, -0.05) is 6.92 Å². The van der Waals surface area contributed by atoms with Gasteiger partial charge in [0.2, 0.25) is 0 Å². The lowest BCUT2D eigenvalue weighted by Gasteiger charge is -2.12. The fourth-order valence-corrected chi connectivity index (χ4v) is 3.55. The molecule has 0 amide bonds. The Morgan fingerprint density at radius 3 is 3.06 bits per heavy atom. The van der Waals surface area contributed by atoms with E-state index in [0.29, 0.717) is 0 Å². The average Bonchev–Trinajstić information content (AvgIpc) is 2.87. The first-order valence-corrected chi connectivity index (χ1v) is 7.11. The van der Waals surface area contributed by atoms with Gasteiger partial charge in [0.15, 0.2) is 0 Å². The molecule has 1 aromatic heterocycles. The molecule has 0 aromatic carbocycles. The number of hydrogen-bond acceptors (Lipinski definition) is 3. The van der Waals surface area contributed by atoms with Crippen LogP contribution in [0, 0.1) is 6.92 Å². The lowest BCUT2D eigenvalue weighted by Crippen LogP contribution is -2.27. The van der Waals surface area contributed by atoms with E-state index in [1.54, 1.807) is 6.26 Å². The topological polar surface area (TPSA) is 25.2 Å². The second kappa shape index (κ2) is 5.78. The fraction of sp³-hybridized carbons (Fsp3) is 0.692. The van der Waals surface area contributed by atoms with Crippen LogP contribution in [-0.4, -0.2) is 17.8 Å². The van der Waals surface area contributed by atoms with Gasteiger partial charge in [0.25, 0.3) is 0 Å². The predicted molar refractivity (Wildman–Crippen MR) is 69.0 cm³/mol. The Kier molecular flexibility index (Phi) is 4.36. The van der Waals surface area contributed by atoms with Crippen molar-refractivity contribution in [3.05, 3.63) is 18.1 Å². The third kappa shape index (κ3) is 3.05. The monoisotopic (exact) mass is 239 g/mol. The zero-order valence-electron chi connectivity index (χ0n) is 10.2. The first-order chi connectivity index (χ1) is 7.79. The van der Waals surface area contributed by atoms with Crippen LogP contribution in [0.3, 0.4) is 0 Å². The Morgan fingerprint density at radius 2 is 2.38 bits per heavy atom. The Hall–Kier alpha value is -0.410. The van der Waals surface area contributed by atoms with Crippen LogP contribution >= 0.6 is 11.8 Å². The van der Waals surface area contributed by atoms with Crippen molar-refractivity contribution >= 4 is 11.8 Å². The van der Waals surface area contributed by atoms with E-state index in [4.69, 9.17) is 4.42 Å². The molecule has 0 aliphatic heterocycles. The van der Waals surface area contributed by atoms with Gasteiger partial charge in [-0.2, -0.15) is 0 Å². The molecule has 1 aliphatic rings. The van der Waals surface area contributed by atoms with E-state index < -0.39 is 0 Å². The van der Waals surface area contributed by atoms with Gasteiger partial charge >= 0.3 is 0 Å². The molecule has 1 heterocycles. The summed E-state index contributed by atoms with van der Waals surface area (Å²) in [7, 11) is 0. The van der Waals surface area contributed by atoms with Crippen LogP contribution in [0.4, 0.5) is 0 Å². The summed E-state index contributed by atoms with van der Waals surface area (Å²) in [5, 5.41) is 4.39. The van der Waals surface area contributed by atoms with Crippen LogP contribution in [0.25, 0.3) is 0 Å². The van der Waals surface area contributed by atoms with Gasteiger partial charge in [0.1, 0.15) is 5.76 Å². The first-order valence-electron chi connectivity index (χ1n) is 6.23.